The van der Waals surface area contributed by atoms with Gasteiger partial charge in [0.1, 0.15) is 11.8 Å². The van der Waals surface area contributed by atoms with Crippen molar-refractivity contribution in [2.45, 2.75) is 25.0 Å². The lowest BCUT2D eigenvalue weighted by molar-refractivity contribution is -0.0868. The molecule has 2 atom stereocenters. The summed E-state index contributed by atoms with van der Waals surface area (Å²) < 4.78 is 13.9. The van der Waals surface area contributed by atoms with Crippen molar-refractivity contribution in [2.75, 3.05) is 26.3 Å². The maximum Gasteiger partial charge on any atom is 0.272 e. The fraction of sp³-hybridized carbons (Fsp3) is 0.444. The van der Waals surface area contributed by atoms with Crippen LogP contribution in [0.1, 0.15) is 23.3 Å². The van der Waals surface area contributed by atoms with Crippen molar-refractivity contribution in [3.63, 3.8) is 0 Å². The standard InChI is InChI=1S/C18H21N3O3S/c22-17(20-8-10-24-16(12-20)15-7-4-9-23-15)14-11-19-18(25)21(14)13-5-2-1-3-6-13/h1-3,5-6,11,15-16H,4,7-10,12H2,(H,19,25)/t15-,16+/m1/s1. The van der Waals surface area contributed by atoms with Gasteiger partial charge in [-0.25, -0.2) is 0 Å². The molecule has 0 bridgehead atoms. The summed E-state index contributed by atoms with van der Waals surface area (Å²) in [6.45, 7) is 2.45. The monoisotopic (exact) mass is 359 g/mol. The zero-order valence-electron chi connectivity index (χ0n) is 13.9. The first-order chi connectivity index (χ1) is 12.2. The number of rotatable bonds is 3. The number of hydrogen-bond donors (Lipinski definition) is 1. The quantitative estimate of drug-likeness (QED) is 0.856. The fourth-order valence-electron chi connectivity index (χ4n) is 3.50. The third-order valence-electron chi connectivity index (χ3n) is 4.77. The van der Waals surface area contributed by atoms with Crippen LogP contribution in [0.15, 0.2) is 36.5 Å². The van der Waals surface area contributed by atoms with Gasteiger partial charge >= 0.3 is 0 Å². The van der Waals surface area contributed by atoms with Crippen LogP contribution in [0.4, 0.5) is 0 Å². The summed E-state index contributed by atoms with van der Waals surface area (Å²) in [7, 11) is 0. The second kappa shape index (κ2) is 7.11. The van der Waals surface area contributed by atoms with Crippen LogP contribution in [0.5, 0.6) is 0 Å². The molecule has 7 heteroatoms. The number of para-hydroxylation sites is 1. The predicted octanol–water partition coefficient (Wildman–Crippen LogP) is 2.55. The lowest BCUT2D eigenvalue weighted by Gasteiger charge is -2.35. The van der Waals surface area contributed by atoms with Gasteiger partial charge in [0.25, 0.3) is 5.91 Å². The molecule has 25 heavy (non-hydrogen) atoms. The number of benzene rings is 1. The van der Waals surface area contributed by atoms with Crippen LogP contribution in [0, 0.1) is 4.77 Å². The normalized spacial score (nSPS) is 23.8. The molecule has 0 saturated carbocycles. The highest BCUT2D eigenvalue weighted by Gasteiger charge is 2.34. The minimum absolute atomic E-state index is 0.0394. The number of amides is 1. The van der Waals surface area contributed by atoms with Crippen molar-refractivity contribution in [3.8, 4) is 5.69 Å². The molecule has 1 amide bonds. The van der Waals surface area contributed by atoms with Crippen LogP contribution < -0.4 is 0 Å². The summed E-state index contributed by atoms with van der Waals surface area (Å²) >= 11 is 5.38. The molecular formula is C18H21N3O3S. The Labute approximate surface area is 151 Å². The van der Waals surface area contributed by atoms with E-state index in [1.165, 1.54) is 0 Å². The van der Waals surface area contributed by atoms with Crippen LogP contribution in [0.3, 0.4) is 0 Å². The fourth-order valence-corrected chi connectivity index (χ4v) is 3.76. The molecule has 2 saturated heterocycles. The Bertz CT molecular complexity index is 795. The van der Waals surface area contributed by atoms with Crippen molar-refractivity contribution in [3.05, 3.63) is 47.0 Å². The van der Waals surface area contributed by atoms with Gasteiger partial charge in [-0.1, -0.05) is 18.2 Å². The number of aromatic nitrogens is 2. The molecule has 0 aliphatic carbocycles. The van der Waals surface area contributed by atoms with Crippen LogP contribution >= 0.6 is 12.2 Å². The van der Waals surface area contributed by atoms with Crippen molar-refractivity contribution >= 4 is 18.1 Å². The number of carbonyl (C=O) groups is 1. The van der Waals surface area contributed by atoms with Gasteiger partial charge in [-0.3, -0.25) is 9.36 Å². The molecule has 1 aromatic heterocycles. The number of nitrogens with one attached hydrogen (secondary N) is 1. The average Bonchev–Trinajstić information content (AvgIpc) is 3.32. The Kier molecular flexibility index (Phi) is 4.70. The van der Waals surface area contributed by atoms with Crippen molar-refractivity contribution in [1.29, 1.82) is 0 Å². The second-order valence-corrected chi connectivity index (χ2v) is 6.75. The minimum Gasteiger partial charge on any atom is -0.375 e. The zero-order valence-corrected chi connectivity index (χ0v) is 14.7. The van der Waals surface area contributed by atoms with Gasteiger partial charge in [-0.15, -0.1) is 0 Å². The lowest BCUT2D eigenvalue weighted by Crippen LogP contribution is -2.50. The molecule has 2 fully saturated rings. The SMILES string of the molecule is O=C(c1c[nH]c(=S)n1-c1ccccc1)N1CCO[C@H]([C@H]2CCCO2)C1. The molecule has 1 aromatic carbocycles. The number of ether oxygens (including phenoxy) is 2. The predicted molar refractivity (Wildman–Crippen MR) is 95.6 cm³/mol. The van der Waals surface area contributed by atoms with Crippen molar-refractivity contribution < 1.29 is 14.3 Å². The zero-order chi connectivity index (χ0) is 17.2. The van der Waals surface area contributed by atoms with Crippen LogP contribution in [0.25, 0.3) is 5.69 Å². The highest BCUT2D eigenvalue weighted by atomic mass is 32.1. The molecule has 2 aromatic rings. The first kappa shape index (κ1) is 16.5. The summed E-state index contributed by atoms with van der Waals surface area (Å²) in [5.74, 6) is -0.0394. The van der Waals surface area contributed by atoms with E-state index in [1.54, 1.807) is 10.8 Å². The van der Waals surface area contributed by atoms with Crippen molar-refractivity contribution in [1.82, 2.24) is 14.5 Å². The summed E-state index contributed by atoms with van der Waals surface area (Å²) in [5.41, 5.74) is 1.42. The number of nitrogens with zero attached hydrogens (tertiary/aromatic N) is 2. The maximum atomic E-state index is 13.1. The van der Waals surface area contributed by atoms with E-state index in [4.69, 9.17) is 21.7 Å². The van der Waals surface area contributed by atoms with Gasteiger partial charge in [-0.05, 0) is 37.2 Å². The van der Waals surface area contributed by atoms with E-state index < -0.39 is 0 Å². The summed E-state index contributed by atoms with van der Waals surface area (Å²) in [4.78, 5) is 17.9. The molecule has 0 spiro atoms. The van der Waals surface area contributed by atoms with E-state index in [0.29, 0.717) is 30.2 Å². The number of aromatic amines is 1. The number of morpholine rings is 1. The third kappa shape index (κ3) is 3.27. The van der Waals surface area contributed by atoms with E-state index >= 15 is 0 Å². The van der Waals surface area contributed by atoms with E-state index in [9.17, 15) is 4.79 Å². The van der Waals surface area contributed by atoms with Crippen LogP contribution in [0.2, 0.25) is 0 Å². The maximum absolute atomic E-state index is 13.1. The van der Waals surface area contributed by atoms with Gasteiger partial charge in [-0.2, -0.15) is 0 Å². The lowest BCUT2D eigenvalue weighted by atomic mass is 10.1. The molecule has 4 rings (SSSR count). The molecule has 0 unspecified atom stereocenters. The van der Waals surface area contributed by atoms with Gasteiger partial charge in [0.15, 0.2) is 4.77 Å². The molecule has 2 aliphatic rings. The average molecular weight is 359 g/mol. The van der Waals surface area contributed by atoms with Gasteiger partial charge in [0, 0.05) is 31.6 Å². The Morgan fingerprint density at radius 1 is 1.16 bits per heavy atom. The molecule has 132 valence electrons. The van der Waals surface area contributed by atoms with E-state index in [1.807, 2.05) is 35.2 Å². The van der Waals surface area contributed by atoms with Crippen LogP contribution in [-0.2, 0) is 9.47 Å². The van der Waals surface area contributed by atoms with Gasteiger partial charge < -0.3 is 19.4 Å². The smallest absolute Gasteiger partial charge is 0.272 e. The Balaban J connectivity index is 1.58. The minimum atomic E-state index is -0.0488. The molecule has 3 heterocycles. The number of carbonyl (C=O) groups excluding carboxylic acids is 1. The van der Waals surface area contributed by atoms with E-state index in [2.05, 4.69) is 4.98 Å². The van der Waals surface area contributed by atoms with Gasteiger partial charge in [0.05, 0.1) is 12.7 Å². The summed E-state index contributed by atoms with van der Waals surface area (Å²) in [6, 6.07) is 9.68. The first-order valence-corrected chi connectivity index (χ1v) is 9.03. The van der Waals surface area contributed by atoms with E-state index in [-0.39, 0.29) is 18.1 Å². The van der Waals surface area contributed by atoms with Crippen LogP contribution in [-0.4, -0.2) is 58.9 Å². The summed E-state index contributed by atoms with van der Waals surface area (Å²) in [5, 5.41) is 0. The third-order valence-corrected chi connectivity index (χ3v) is 5.07. The highest BCUT2D eigenvalue weighted by molar-refractivity contribution is 7.71. The summed E-state index contributed by atoms with van der Waals surface area (Å²) in [6.07, 6.45) is 3.79. The number of hydrogen-bond acceptors (Lipinski definition) is 4. The highest BCUT2D eigenvalue weighted by Crippen LogP contribution is 2.22. The molecule has 6 nitrogen and oxygen atoms in total. The topological polar surface area (TPSA) is 59.5 Å². The van der Waals surface area contributed by atoms with E-state index in [0.717, 1.165) is 25.1 Å². The first-order valence-electron chi connectivity index (χ1n) is 8.62. The Hall–Kier alpha value is -1.96. The molecular weight excluding hydrogens is 338 g/mol. The number of imidazole rings is 1. The Morgan fingerprint density at radius 2 is 1.96 bits per heavy atom. The van der Waals surface area contributed by atoms with Crippen molar-refractivity contribution in [2.24, 2.45) is 0 Å². The second-order valence-electron chi connectivity index (χ2n) is 6.36. The largest absolute Gasteiger partial charge is 0.375 e. The Morgan fingerprint density at radius 3 is 2.72 bits per heavy atom. The molecule has 1 N–H and O–H groups in total. The molecule has 2 aliphatic heterocycles. The number of H-pyrrole nitrogens is 1. The molecule has 0 radical (unpaired) electrons. The van der Waals surface area contributed by atoms with Gasteiger partial charge in [0.2, 0.25) is 0 Å².